The molecule has 0 aromatic carbocycles. The molecule has 38 heavy (non-hydrogen) atoms. The van der Waals surface area contributed by atoms with Crippen LogP contribution in [0, 0.1) is 0 Å². The fraction of sp³-hybridized carbons (Fsp3) is 0.939. The first-order valence-electron chi connectivity index (χ1n) is 16.5. The molecule has 0 aliphatic rings. The van der Waals surface area contributed by atoms with Crippen molar-refractivity contribution in [3.8, 4) is 0 Å². The van der Waals surface area contributed by atoms with Crippen LogP contribution in [0.5, 0.6) is 0 Å². The summed E-state index contributed by atoms with van der Waals surface area (Å²) in [6, 6.07) is 0. The number of rotatable bonds is 28. The lowest BCUT2D eigenvalue weighted by Gasteiger charge is -2.06. The molecule has 0 amide bonds. The van der Waals surface area contributed by atoms with Crippen molar-refractivity contribution < 1.29 is 24.5 Å². The molecule has 0 spiro atoms. The Hall–Kier alpha value is -1.10. The highest BCUT2D eigenvalue weighted by atomic mass is 16.5. The van der Waals surface area contributed by atoms with Gasteiger partial charge in [-0.3, -0.25) is 4.79 Å². The largest absolute Gasteiger partial charge is 0.481 e. The number of esters is 1. The first-order valence-corrected chi connectivity index (χ1v) is 16.5. The molecule has 1 unspecified atom stereocenters. The summed E-state index contributed by atoms with van der Waals surface area (Å²) in [4.78, 5) is 21.3. The minimum atomic E-state index is -0.993. The van der Waals surface area contributed by atoms with Crippen molar-refractivity contribution in [2.75, 3.05) is 6.61 Å². The molecule has 0 saturated heterocycles. The summed E-state index contributed by atoms with van der Waals surface area (Å²) in [6.45, 7) is 6.40. The lowest BCUT2D eigenvalue weighted by atomic mass is 10.0. The van der Waals surface area contributed by atoms with E-state index in [1.807, 2.05) is 0 Å². The second-order valence-electron chi connectivity index (χ2n) is 11.1. The molecule has 0 fully saturated rings. The van der Waals surface area contributed by atoms with Crippen molar-refractivity contribution in [2.45, 2.75) is 194 Å². The number of unbranched alkanes of at least 4 members (excludes halogenated alkanes) is 23. The molecule has 0 rings (SSSR count). The Balaban J connectivity index is 0. The van der Waals surface area contributed by atoms with Gasteiger partial charge in [0.1, 0.15) is 6.10 Å². The van der Waals surface area contributed by atoms with Crippen molar-refractivity contribution in [2.24, 2.45) is 0 Å². The van der Waals surface area contributed by atoms with Gasteiger partial charge in [-0.1, -0.05) is 162 Å². The number of aliphatic hydroxyl groups excluding tert-OH is 1. The number of carbonyl (C=O) groups is 2. The lowest BCUT2D eigenvalue weighted by Crippen LogP contribution is -2.19. The van der Waals surface area contributed by atoms with Gasteiger partial charge >= 0.3 is 11.9 Å². The van der Waals surface area contributed by atoms with Gasteiger partial charge in [0.15, 0.2) is 0 Å². The van der Waals surface area contributed by atoms with Crippen LogP contribution in [0.1, 0.15) is 188 Å². The van der Waals surface area contributed by atoms with Crippen LogP contribution in [0.2, 0.25) is 0 Å². The molecule has 2 N–H and O–H groups in total. The van der Waals surface area contributed by atoms with Crippen LogP contribution < -0.4 is 0 Å². The summed E-state index contributed by atoms with van der Waals surface area (Å²) >= 11 is 0. The molecule has 0 aliphatic carbocycles. The van der Waals surface area contributed by atoms with Crippen LogP contribution in [0.25, 0.3) is 0 Å². The molecular weight excluding hydrogens is 476 g/mol. The molecule has 1 atom stereocenters. The van der Waals surface area contributed by atoms with Crippen LogP contribution in [-0.4, -0.2) is 34.9 Å². The lowest BCUT2D eigenvalue weighted by molar-refractivity contribution is -0.152. The topological polar surface area (TPSA) is 83.8 Å². The molecule has 0 heterocycles. The van der Waals surface area contributed by atoms with Crippen LogP contribution in [-0.2, 0) is 14.3 Å². The second-order valence-corrected chi connectivity index (χ2v) is 11.1. The number of carboxylic acid groups (broad SMARTS) is 1. The van der Waals surface area contributed by atoms with E-state index in [2.05, 4.69) is 13.8 Å². The maximum Gasteiger partial charge on any atom is 0.334 e. The maximum absolute atomic E-state index is 11.0. The zero-order valence-corrected chi connectivity index (χ0v) is 25.8. The van der Waals surface area contributed by atoms with E-state index in [0.717, 1.165) is 25.7 Å². The van der Waals surface area contributed by atoms with Gasteiger partial charge < -0.3 is 14.9 Å². The minimum absolute atomic E-state index is 0.345. The number of ether oxygens (including phenoxy) is 1. The fourth-order valence-corrected chi connectivity index (χ4v) is 4.53. The predicted molar refractivity (Wildman–Crippen MR) is 162 cm³/mol. The number of hydrogen-bond acceptors (Lipinski definition) is 4. The smallest absolute Gasteiger partial charge is 0.334 e. The Kier molecular flexibility index (Phi) is 34.9. The quantitative estimate of drug-likeness (QED) is 0.0759. The molecule has 0 aromatic heterocycles. The third kappa shape index (κ3) is 37.1. The van der Waals surface area contributed by atoms with Crippen LogP contribution in [0.15, 0.2) is 0 Å². The van der Waals surface area contributed by atoms with E-state index < -0.39 is 18.0 Å². The summed E-state index contributed by atoms with van der Waals surface area (Å²) in [5, 5.41) is 17.4. The van der Waals surface area contributed by atoms with Gasteiger partial charge in [0.05, 0.1) is 6.61 Å². The maximum atomic E-state index is 11.0. The first-order chi connectivity index (χ1) is 18.5. The van der Waals surface area contributed by atoms with Crippen LogP contribution in [0.3, 0.4) is 0 Å². The Morgan fingerprint density at radius 1 is 0.526 bits per heavy atom. The van der Waals surface area contributed by atoms with E-state index in [0.29, 0.717) is 13.0 Å². The summed E-state index contributed by atoms with van der Waals surface area (Å²) in [5.41, 5.74) is 0. The zero-order valence-electron chi connectivity index (χ0n) is 25.8. The van der Waals surface area contributed by atoms with Crippen LogP contribution >= 0.6 is 0 Å². The van der Waals surface area contributed by atoms with E-state index >= 15 is 0 Å². The van der Waals surface area contributed by atoms with Crippen molar-refractivity contribution >= 4 is 11.9 Å². The fourth-order valence-electron chi connectivity index (χ4n) is 4.53. The van der Waals surface area contributed by atoms with Gasteiger partial charge in [-0.15, -0.1) is 0 Å². The number of aliphatic hydroxyl groups is 1. The molecule has 0 saturated carbocycles. The highest BCUT2D eigenvalue weighted by molar-refractivity contribution is 5.73. The molecule has 0 aromatic rings. The number of carbonyl (C=O) groups excluding carboxylic acids is 1. The molecule has 0 bridgehead atoms. The molecule has 0 radical (unpaired) electrons. The normalized spacial score (nSPS) is 11.6. The van der Waals surface area contributed by atoms with Gasteiger partial charge in [0, 0.05) is 6.42 Å². The molecular formula is C33H66O5. The van der Waals surface area contributed by atoms with Crippen LogP contribution in [0.4, 0.5) is 0 Å². The monoisotopic (exact) mass is 542 g/mol. The predicted octanol–water partition coefficient (Wildman–Crippen LogP) is 10.2. The van der Waals surface area contributed by atoms with E-state index in [9.17, 15) is 9.59 Å². The third-order valence-corrected chi connectivity index (χ3v) is 7.08. The third-order valence-electron chi connectivity index (χ3n) is 7.08. The minimum Gasteiger partial charge on any atom is -0.481 e. The second kappa shape index (κ2) is 33.9. The van der Waals surface area contributed by atoms with Gasteiger partial charge in [0.2, 0.25) is 0 Å². The van der Waals surface area contributed by atoms with Gasteiger partial charge in [-0.05, 0) is 19.8 Å². The van der Waals surface area contributed by atoms with E-state index in [4.69, 9.17) is 14.9 Å². The van der Waals surface area contributed by atoms with E-state index in [1.54, 1.807) is 0 Å². The van der Waals surface area contributed by atoms with Crippen molar-refractivity contribution in [1.82, 2.24) is 0 Å². The number of carboxylic acids is 1. The Bertz CT molecular complexity index is 478. The molecule has 5 heteroatoms. The van der Waals surface area contributed by atoms with E-state index in [-0.39, 0.29) is 0 Å². The Morgan fingerprint density at radius 2 is 0.816 bits per heavy atom. The molecule has 0 aliphatic heterocycles. The van der Waals surface area contributed by atoms with Crippen molar-refractivity contribution in [1.29, 1.82) is 0 Å². The summed E-state index contributed by atoms with van der Waals surface area (Å²) in [5.74, 6) is -1.16. The summed E-state index contributed by atoms with van der Waals surface area (Å²) in [7, 11) is 0. The standard InChI is InChI=1S/C17H34O3.C16H32O2/c1-3-4-5-6-7-8-9-10-11-12-13-14-15-20-17(19)16(2)18;1-2-3-4-5-6-7-8-9-10-11-12-13-14-15-16(17)18/h16,18H,3-15H2,1-2H3;2-15H2,1H3,(H,17,18). The number of hydrogen-bond donors (Lipinski definition) is 2. The summed E-state index contributed by atoms with van der Waals surface area (Å²) < 4.78 is 4.91. The summed E-state index contributed by atoms with van der Waals surface area (Å²) in [6.07, 6.45) is 31.8. The van der Waals surface area contributed by atoms with Gasteiger partial charge in [-0.25, -0.2) is 4.79 Å². The Morgan fingerprint density at radius 3 is 1.11 bits per heavy atom. The highest BCUT2D eigenvalue weighted by Crippen LogP contribution is 2.13. The van der Waals surface area contributed by atoms with Gasteiger partial charge in [-0.2, -0.15) is 0 Å². The molecule has 228 valence electrons. The van der Waals surface area contributed by atoms with Crippen molar-refractivity contribution in [3.63, 3.8) is 0 Å². The average Bonchev–Trinajstić information content (AvgIpc) is 2.89. The average molecular weight is 543 g/mol. The van der Waals surface area contributed by atoms with Gasteiger partial charge in [0.25, 0.3) is 0 Å². The SMILES string of the molecule is CCCCCCCCCCCCCCCC(=O)O.CCCCCCCCCCCCCCOC(=O)C(C)O. The van der Waals surface area contributed by atoms with Crippen molar-refractivity contribution in [3.05, 3.63) is 0 Å². The highest BCUT2D eigenvalue weighted by Gasteiger charge is 2.08. The van der Waals surface area contributed by atoms with E-state index in [1.165, 1.54) is 142 Å². The number of aliphatic carboxylic acids is 1. The Labute approximate surface area is 236 Å². The first kappa shape index (κ1) is 39.0. The zero-order chi connectivity index (χ0) is 28.5. The molecule has 5 nitrogen and oxygen atoms in total.